The number of carbonyl (C=O) groups excluding carboxylic acids is 2. The summed E-state index contributed by atoms with van der Waals surface area (Å²) in [7, 11) is 1.73. The lowest BCUT2D eigenvalue weighted by atomic mass is 10.0. The van der Waals surface area contributed by atoms with Crippen LogP contribution < -0.4 is 5.32 Å². The fourth-order valence-corrected chi connectivity index (χ4v) is 5.11. The van der Waals surface area contributed by atoms with Gasteiger partial charge in [-0.3, -0.25) is 4.79 Å². The van der Waals surface area contributed by atoms with Gasteiger partial charge in [-0.25, -0.2) is 14.8 Å². The van der Waals surface area contributed by atoms with Gasteiger partial charge in [-0.2, -0.15) is 13.2 Å². The number of aromatic nitrogens is 4. The van der Waals surface area contributed by atoms with E-state index in [1.54, 1.807) is 73.7 Å². The molecule has 1 aromatic carbocycles. The molecule has 1 unspecified atom stereocenters. The molecule has 1 saturated heterocycles. The van der Waals surface area contributed by atoms with E-state index in [1.807, 2.05) is 0 Å². The van der Waals surface area contributed by atoms with E-state index < -0.39 is 24.4 Å². The van der Waals surface area contributed by atoms with Crippen molar-refractivity contribution < 1.29 is 27.5 Å². The maximum Gasteiger partial charge on any atom is 0.407 e. The molecule has 4 heterocycles. The number of imidazole rings is 1. The number of aryl methyl sites for hydroxylation is 1. The number of piperidine rings is 1. The smallest absolute Gasteiger partial charge is 0.407 e. The molecular weight excluding hydrogens is 525 g/mol. The number of rotatable bonds is 4. The highest BCUT2D eigenvalue weighted by atomic mass is 19.4. The van der Waals surface area contributed by atoms with Crippen LogP contribution in [0.2, 0.25) is 0 Å². The van der Waals surface area contributed by atoms with Crippen LogP contribution in [0.3, 0.4) is 0 Å². The fraction of sp³-hybridized carbons (Fsp3) is 0.429. The first-order chi connectivity index (χ1) is 18.8. The molecule has 212 valence electrons. The zero-order chi connectivity index (χ0) is 28.8. The monoisotopic (exact) mass is 556 g/mol. The number of pyridine rings is 1. The number of benzene rings is 1. The number of nitrogens with one attached hydrogen (secondary N) is 1. The number of fused-ring (bicyclic) bond motifs is 2. The Bertz CT molecular complexity index is 1580. The van der Waals surface area contributed by atoms with Gasteiger partial charge in [0.1, 0.15) is 17.8 Å². The highest BCUT2D eigenvalue weighted by Gasteiger charge is 2.32. The van der Waals surface area contributed by atoms with Gasteiger partial charge in [0.15, 0.2) is 5.82 Å². The van der Waals surface area contributed by atoms with E-state index in [1.165, 1.54) is 6.20 Å². The molecule has 1 atom stereocenters. The summed E-state index contributed by atoms with van der Waals surface area (Å²) in [5.41, 5.74) is 1.45. The quantitative estimate of drug-likeness (QED) is 0.369. The Morgan fingerprint density at radius 2 is 1.93 bits per heavy atom. The summed E-state index contributed by atoms with van der Waals surface area (Å²) < 4.78 is 48.6. The second-order valence-electron chi connectivity index (χ2n) is 11.1. The molecule has 1 fully saturated rings. The molecule has 0 saturated carbocycles. The van der Waals surface area contributed by atoms with Crippen LogP contribution in [0, 0.1) is 0 Å². The van der Waals surface area contributed by atoms with Gasteiger partial charge >= 0.3 is 12.3 Å². The average Bonchev–Trinajstić information content (AvgIpc) is 3.38. The van der Waals surface area contributed by atoms with Crippen molar-refractivity contribution in [3.8, 4) is 11.5 Å². The molecule has 0 aliphatic carbocycles. The van der Waals surface area contributed by atoms with Gasteiger partial charge in [0.2, 0.25) is 0 Å². The third-order valence-electron chi connectivity index (χ3n) is 6.78. The Labute approximate surface area is 228 Å². The molecule has 0 radical (unpaired) electrons. The molecule has 1 aliphatic heterocycles. The predicted molar refractivity (Wildman–Crippen MR) is 144 cm³/mol. The largest absolute Gasteiger partial charge is 0.444 e. The van der Waals surface area contributed by atoms with Crippen molar-refractivity contribution in [2.24, 2.45) is 7.05 Å². The Morgan fingerprint density at radius 3 is 2.65 bits per heavy atom. The van der Waals surface area contributed by atoms with Crippen LogP contribution in [0.5, 0.6) is 0 Å². The summed E-state index contributed by atoms with van der Waals surface area (Å²) in [4.78, 5) is 36.1. The fourth-order valence-electron chi connectivity index (χ4n) is 5.11. The van der Waals surface area contributed by atoms with Crippen molar-refractivity contribution >= 4 is 34.1 Å². The molecule has 1 aliphatic rings. The molecule has 4 aromatic rings. The number of alkyl halides is 3. The minimum atomic E-state index is -4.45. The molecular formula is C28H31F3N6O3. The second kappa shape index (κ2) is 10.1. The topological polar surface area (TPSA) is 94.3 Å². The first-order valence-corrected chi connectivity index (χ1v) is 13.1. The number of carbonyl (C=O) groups is 2. The summed E-state index contributed by atoms with van der Waals surface area (Å²) in [6, 6.07) is 9.88. The Morgan fingerprint density at radius 1 is 1.15 bits per heavy atom. The maximum atomic E-state index is 13.5. The highest BCUT2D eigenvalue weighted by molar-refractivity contribution is 5.98. The van der Waals surface area contributed by atoms with Crippen LogP contribution in [0.15, 0.2) is 42.6 Å². The van der Waals surface area contributed by atoms with Crippen LogP contribution >= 0.6 is 0 Å². The minimum absolute atomic E-state index is 0.208. The van der Waals surface area contributed by atoms with Gasteiger partial charge in [-0.05, 0) is 70.0 Å². The van der Waals surface area contributed by atoms with Gasteiger partial charge in [-0.15, -0.1) is 0 Å². The molecule has 3 aromatic heterocycles. The molecule has 2 amide bonds. The van der Waals surface area contributed by atoms with Crippen molar-refractivity contribution in [3.05, 3.63) is 48.2 Å². The van der Waals surface area contributed by atoms with Crippen molar-refractivity contribution in [1.82, 2.24) is 29.3 Å². The molecule has 12 heteroatoms. The van der Waals surface area contributed by atoms with Crippen molar-refractivity contribution in [1.29, 1.82) is 0 Å². The lowest BCUT2D eigenvalue weighted by molar-refractivity contribution is -0.139. The number of amides is 2. The Kier molecular flexibility index (Phi) is 6.97. The van der Waals surface area contributed by atoms with Gasteiger partial charge in [0.25, 0.3) is 5.91 Å². The van der Waals surface area contributed by atoms with Gasteiger partial charge in [0.05, 0.1) is 16.7 Å². The van der Waals surface area contributed by atoms with Crippen LogP contribution in [-0.2, 0) is 18.3 Å². The first kappa shape index (κ1) is 27.5. The molecule has 1 N–H and O–H groups in total. The highest BCUT2D eigenvalue weighted by Crippen LogP contribution is 2.32. The minimum Gasteiger partial charge on any atom is -0.444 e. The number of hydrogen-bond donors (Lipinski definition) is 1. The number of hydrogen-bond acceptors (Lipinski definition) is 5. The molecule has 0 bridgehead atoms. The van der Waals surface area contributed by atoms with Gasteiger partial charge < -0.3 is 24.1 Å². The van der Waals surface area contributed by atoms with Crippen molar-refractivity contribution in [3.63, 3.8) is 0 Å². The van der Waals surface area contributed by atoms with Crippen LogP contribution in [-0.4, -0.2) is 66.9 Å². The lowest BCUT2D eigenvalue weighted by Gasteiger charge is -2.33. The van der Waals surface area contributed by atoms with Crippen LogP contribution in [0.4, 0.5) is 18.0 Å². The Balaban J connectivity index is 1.42. The summed E-state index contributed by atoms with van der Waals surface area (Å²) in [5.74, 6) is 0.127. The van der Waals surface area contributed by atoms with Gasteiger partial charge in [-0.1, -0.05) is 0 Å². The van der Waals surface area contributed by atoms with E-state index in [0.717, 1.165) is 17.4 Å². The van der Waals surface area contributed by atoms with E-state index in [-0.39, 0.29) is 23.3 Å². The van der Waals surface area contributed by atoms with E-state index in [2.05, 4.69) is 15.3 Å². The summed E-state index contributed by atoms with van der Waals surface area (Å²) >= 11 is 0. The van der Waals surface area contributed by atoms with E-state index in [9.17, 15) is 22.8 Å². The maximum absolute atomic E-state index is 13.5. The normalized spacial score (nSPS) is 16.5. The number of nitrogens with zero attached hydrogens (tertiary/aromatic N) is 5. The molecule has 0 spiro atoms. The zero-order valence-electron chi connectivity index (χ0n) is 22.7. The predicted octanol–water partition coefficient (Wildman–Crippen LogP) is 5.28. The lowest BCUT2D eigenvalue weighted by Crippen LogP contribution is -2.50. The third kappa shape index (κ3) is 5.75. The average molecular weight is 557 g/mol. The summed E-state index contributed by atoms with van der Waals surface area (Å²) in [6.07, 6.45) is -2.06. The standard InChI is InChI=1S/C28H31F3N6O3/c1-27(2,3)40-26(39)33-19-8-6-12-36(15-19)25(38)18-9-10-21-20(13-18)34-24(35(21)4)22-14-17-7-5-11-32-23(17)37(22)16-28(29,30)31/h5,7,9-11,13-14,19H,6,8,12,15-16H2,1-4H3,(H,33,39). The van der Waals surface area contributed by atoms with Crippen LogP contribution in [0.1, 0.15) is 44.0 Å². The SMILES string of the molecule is Cn1c(-c2cc3cccnc3n2CC(F)(F)F)nc2cc(C(=O)N3CCCC(NC(=O)OC(C)(C)C)C3)ccc21. The van der Waals surface area contributed by atoms with E-state index >= 15 is 0 Å². The van der Waals surface area contributed by atoms with E-state index in [4.69, 9.17) is 4.74 Å². The summed E-state index contributed by atoms with van der Waals surface area (Å²) in [5, 5.41) is 3.42. The summed E-state index contributed by atoms with van der Waals surface area (Å²) in [6.45, 7) is 5.04. The third-order valence-corrected chi connectivity index (χ3v) is 6.78. The number of ether oxygens (including phenoxy) is 1. The Hall–Kier alpha value is -4.09. The number of halogens is 3. The van der Waals surface area contributed by atoms with E-state index in [0.29, 0.717) is 40.9 Å². The molecule has 5 rings (SSSR count). The zero-order valence-corrected chi connectivity index (χ0v) is 22.7. The number of likely N-dealkylation sites (tertiary alicyclic amines) is 1. The molecule has 40 heavy (non-hydrogen) atoms. The first-order valence-electron chi connectivity index (χ1n) is 13.1. The molecule has 9 nitrogen and oxygen atoms in total. The van der Waals surface area contributed by atoms with Gasteiger partial charge in [0, 0.05) is 43.3 Å². The van der Waals surface area contributed by atoms with Crippen molar-refractivity contribution in [2.75, 3.05) is 13.1 Å². The van der Waals surface area contributed by atoms with Crippen molar-refractivity contribution in [2.45, 2.75) is 58.0 Å². The second-order valence-corrected chi connectivity index (χ2v) is 11.1. The number of alkyl carbamates (subject to hydrolysis) is 1. The van der Waals surface area contributed by atoms with Crippen LogP contribution in [0.25, 0.3) is 33.6 Å².